The smallest absolute Gasteiger partial charge is 0.410 e. The van der Waals surface area contributed by atoms with Crippen LogP contribution in [0, 0.1) is 0 Å². The van der Waals surface area contributed by atoms with Crippen LogP contribution in [0.1, 0.15) is 32.0 Å². The van der Waals surface area contributed by atoms with E-state index in [-0.39, 0.29) is 14.9 Å². The van der Waals surface area contributed by atoms with Crippen LogP contribution in [0.2, 0.25) is 0 Å². The van der Waals surface area contributed by atoms with E-state index in [1.54, 1.807) is 12.0 Å². The third-order valence-electron chi connectivity index (χ3n) is 2.91. The number of carbonyl (C=O) groups is 1. The van der Waals surface area contributed by atoms with E-state index in [1.807, 2.05) is 32.9 Å². The lowest BCUT2D eigenvalue weighted by Crippen LogP contribution is -2.40. The van der Waals surface area contributed by atoms with Gasteiger partial charge in [0.25, 0.3) is 0 Å². The van der Waals surface area contributed by atoms with E-state index in [9.17, 15) is 4.79 Å². The highest BCUT2D eigenvalue weighted by molar-refractivity contribution is 7.41. The fourth-order valence-corrected chi connectivity index (χ4v) is 2.60. The molecule has 2 heterocycles. The van der Waals surface area contributed by atoms with Crippen molar-refractivity contribution >= 4 is 20.3 Å². The molecule has 0 fully saturated rings. The van der Waals surface area contributed by atoms with Gasteiger partial charge in [0.15, 0.2) is 0 Å². The molecule has 0 spiro atoms. The molecule has 0 N–H and O–H groups in total. The van der Waals surface area contributed by atoms with E-state index in [2.05, 4.69) is 4.98 Å². The maximum Gasteiger partial charge on any atom is 0.410 e. The first kappa shape index (κ1) is 15.2. The van der Waals surface area contributed by atoms with Gasteiger partial charge in [0.1, 0.15) is 5.60 Å². The zero-order valence-electron chi connectivity index (χ0n) is 12.4. The molecular formula is C14H21N2O3P. The number of carbonyl (C=O) groups excluding carboxylic acids is 1. The number of amides is 1. The molecule has 1 amide bonds. The highest BCUT2D eigenvalue weighted by Crippen LogP contribution is 2.20. The summed E-state index contributed by atoms with van der Waals surface area (Å²) in [7, 11) is 1.94. The maximum absolute atomic E-state index is 12.1. The van der Waals surface area contributed by atoms with Crippen LogP contribution in [0.4, 0.5) is 4.79 Å². The quantitative estimate of drug-likeness (QED) is 0.785. The summed E-state index contributed by atoms with van der Waals surface area (Å²) >= 11 is 0. The Morgan fingerprint density at radius 3 is 2.80 bits per heavy atom. The van der Waals surface area contributed by atoms with Crippen molar-refractivity contribution in [1.29, 1.82) is 0 Å². The minimum Gasteiger partial charge on any atom is -0.444 e. The number of fused-ring (bicyclic) bond motifs is 1. The number of pyridine rings is 1. The lowest BCUT2D eigenvalue weighted by atomic mass is 10.1. The summed E-state index contributed by atoms with van der Waals surface area (Å²) in [5.41, 5.74) is 2.65. The molecule has 6 heteroatoms. The van der Waals surface area contributed by atoms with Gasteiger partial charge in [-0.2, -0.15) is 0 Å². The second-order valence-electron chi connectivity index (χ2n) is 5.76. The van der Waals surface area contributed by atoms with Crippen LogP contribution in [0.3, 0.4) is 0 Å². The van der Waals surface area contributed by atoms with E-state index < -0.39 is 5.60 Å². The molecule has 0 saturated carbocycles. The van der Waals surface area contributed by atoms with Gasteiger partial charge < -0.3 is 14.2 Å². The molecule has 1 aliphatic heterocycles. The normalized spacial score (nSPS) is 15.5. The predicted molar refractivity (Wildman–Crippen MR) is 79.5 cm³/mol. The molecule has 1 aliphatic rings. The minimum atomic E-state index is -0.459. The maximum atomic E-state index is 12.1. The van der Waals surface area contributed by atoms with Crippen molar-refractivity contribution in [1.82, 2.24) is 9.88 Å². The van der Waals surface area contributed by atoms with Gasteiger partial charge in [-0.25, -0.2) is 4.79 Å². The molecule has 0 saturated heterocycles. The Hall–Kier alpha value is -1.19. The van der Waals surface area contributed by atoms with Crippen LogP contribution in [0.15, 0.2) is 12.1 Å². The number of hydrogen-bond donors (Lipinski definition) is 0. The van der Waals surface area contributed by atoms with Gasteiger partial charge in [0, 0.05) is 25.8 Å². The SMILES string of the molecule is COPc1ccc2c(n1)CCN(C(=O)OC(C)(C)C)C2. The fourth-order valence-electron chi connectivity index (χ4n) is 2.06. The van der Waals surface area contributed by atoms with Gasteiger partial charge in [0.2, 0.25) is 0 Å². The number of rotatable bonds is 2. The molecule has 0 radical (unpaired) electrons. The molecule has 1 aromatic heterocycles. The molecule has 20 heavy (non-hydrogen) atoms. The zero-order chi connectivity index (χ0) is 14.8. The zero-order valence-corrected chi connectivity index (χ0v) is 13.4. The van der Waals surface area contributed by atoms with Crippen molar-refractivity contribution in [3.63, 3.8) is 0 Å². The summed E-state index contributed by atoms with van der Waals surface area (Å²) in [6.07, 6.45) is 0.502. The van der Waals surface area contributed by atoms with Gasteiger partial charge in [-0.1, -0.05) is 6.07 Å². The van der Waals surface area contributed by atoms with Crippen LogP contribution in [-0.2, 0) is 22.2 Å². The van der Waals surface area contributed by atoms with Crippen molar-refractivity contribution in [3.05, 3.63) is 23.4 Å². The summed E-state index contributed by atoms with van der Waals surface area (Å²) in [6, 6.07) is 3.99. The second-order valence-corrected chi connectivity index (χ2v) is 6.89. The molecule has 1 unspecified atom stereocenters. The van der Waals surface area contributed by atoms with E-state index >= 15 is 0 Å². The Morgan fingerprint density at radius 1 is 1.40 bits per heavy atom. The van der Waals surface area contributed by atoms with Crippen LogP contribution in [0.25, 0.3) is 0 Å². The topological polar surface area (TPSA) is 51.7 Å². The van der Waals surface area contributed by atoms with Crippen LogP contribution in [-0.4, -0.2) is 35.2 Å². The van der Waals surface area contributed by atoms with Crippen LogP contribution >= 0.6 is 8.81 Å². The average molecular weight is 296 g/mol. The van der Waals surface area contributed by atoms with Gasteiger partial charge in [-0.05, 0) is 32.4 Å². The van der Waals surface area contributed by atoms with Crippen LogP contribution in [0.5, 0.6) is 0 Å². The Labute approximate surface area is 121 Å². The van der Waals surface area contributed by atoms with E-state index in [0.29, 0.717) is 13.1 Å². The first-order valence-electron chi connectivity index (χ1n) is 6.65. The van der Waals surface area contributed by atoms with Gasteiger partial charge in [0.05, 0.1) is 20.8 Å². The van der Waals surface area contributed by atoms with E-state index in [1.165, 1.54) is 0 Å². The molecular weight excluding hydrogens is 275 g/mol. The Kier molecular flexibility index (Phi) is 4.61. The fraction of sp³-hybridized carbons (Fsp3) is 0.571. The van der Waals surface area contributed by atoms with Gasteiger partial charge in [-0.15, -0.1) is 0 Å². The molecule has 5 nitrogen and oxygen atoms in total. The molecule has 0 bridgehead atoms. The standard InChI is InChI=1S/C14H21N2O3P/c1-14(2,3)19-13(17)16-8-7-11-10(9-16)5-6-12(15-11)20-18-4/h5-6,20H,7-9H2,1-4H3. The molecule has 110 valence electrons. The average Bonchev–Trinajstić information content (AvgIpc) is 2.36. The molecule has 1 atom stereocenters. The minimum absolute atomic E-state index is 0.258. The Morgan fingerprint density at radius 2 is 2.15 bits per heavy atom. The predicted octanol–water partition coefficient (Wildman–Crippen LogP) is 2.24. The first-order chi connectivity index (χ1) is 9.39. The highest BCUT2D eigenvalue weighted by atomic mass is 31.1. The van der Waals surface area contributed by atoms with Crippen molar-refractivity contribution in [2.75, 3.05) is 13.7 Å². The number of ether oxygens (including phenoxy) is 1. The third kappa shape index (κ3) is 3.90. The molecule has 2 rings (SSSR count). The largest absolute Gasteiger partial charge is 0.444 e. The van der Waals surface area contributed by atoms with Crippen molar-refractivity contribution in [2.24, 2.45) is 0 Å². The summed E-state index contributed by atoms with van der Waals surface area (Å²) in [5.74, 6) is 0. The highest BCUT2D eigenvalue weighted by Gasteiger charge is 2.26. The monoisotopic (exact) mass is 296 g/mol. The third-order valence-corrected chi connectivity index (χ3v) is 3.60. The summed E-state index contributed by atoms with van der Waals surface area (Å²) in [5, 5.41) is 0. The molecule has 0 aromatic carbocycles. The molecule has 1 aromatic rings. The van der Waals surface area contributed by atoms with E-state index in [0.717, 1.165) is 23.1 Å². The summed E-state index contributed by atoms with van der Waals surface area (Å²) in [6.45, 7) is 6.84. The van der Waals surface area contributed by atoms with Crippen molar-refractivity contribution < 1.29 is 14.1 Å². The van der Waals surface area contributed by atoms with Gasteiger partial charge >= 0.3 is 6.09 Å². The van der Waals surface area contributed by atoms with Crippen LogP contribution < -0.4 is 5.44 Å². The Bertz CT molecular complexity index is 500. The summed E-state index contributed by atoms with van der Waals surface area (Å²) in [4.78, 5) is 18.4. The second kappa shape index (κ2) is 6.06. The van der Waals surface area contributed by atoms with E-state index in [4.69, 9.17) is 9.26 Å². The van der Waals surface area contributed by atoms with Crippen molar-refractivity contribution in [3.8, 4) is 0 Å². The van der Waals surface area contributed by atoms with Crippen molar-refractivity contribution in [2.45, 2.75) is 39.3 Å². The molecule has 0 aliphatic carbocycles. The van der Waals surface area contributed by atoms with Gasteiger partial charge in [-0.3, -0.25) is 4.98 Å². The lowest BCUT2D eigenvalue weighted by molar-refractivity contribution is 0.0223. The number of hydrogen-bond acceptors (Lipinski definition) is 4. The lowest BCUT2D eigenvalue weighted by Gasteiger charge is -2.30. The first-order valence-corrected chi connectivity index (χ1v) is 7.55. The summed E-state index contributed by atoms with van der Waals surface area (Å²) < 4.78 is 10.5. The number of aromatic nitrogens is 1. The number of nitrogens with zero attached hydrogens (tertiary/aromatic N) is 2. The Balaban J connectivity index is 2.06.